The average molecular weight is 298 g/mol. The Morgan fingerprint density at radius 3 is 2.48 bits per heavy atom. The third-order valence-corrected chi connectivity index (χ3v) is 4.69. The first-order valence-electron chi connectivity index (χ1n) is 8.01. The fourth-order valence-corrected chi connectivity index (χ4v) is 2.75. The van der Waals surface area contributed by atoms with Crippen molar-refractivity contribution in [2.75, 3.05) is 26.7 Å². The highest BCUT2D eigenvalue weighted by atomic mass is 16.4. The molecule has 1 aliphatic rings. The molecule has 0 radical (unpaired) electrons. The van der Waals surface area contributed by atoms with E-state index in [4.69, 9.17) is 5.11 Å². The number of amides is 1. The maximum absolute atomic E-state index is 12.3. The number of carboxylic acids is 1. The maximum Gasteiger partial charge on any atom is 0.317 e. The zero-order valence-corrected chi connectivity index (χ0v) is 13.8. The molecule has 2 atom stereocenters. The third kappa shape index (κ3) is 6.04. The number of hydrogen-bond donors (Lipinski definition) is 1. The molecule has 1 heterocycles. The van der Waals surface area contributed by atoms with Crippen molar-refractivity contribution in [2.24, 2.45) is 11.8 Å². The molecule has 0 bridgehead atoms. The molecule has 21 heavy (non-hydrogen) atoms. The monoisotopic (exact) mass is 298 g/mol. The smallest absolute Gasteiger partial charge is 0.317 e. The zero-order chi connectivity index (χ0) is 16.0. The van der Waals surface area contributed by atoms with Crippen LogP contribution in [0.4, 0.5) is 0 Å². The summed E-state index contributed by atoms with van der Waals surface area (Å²) in [5, 5.41) is 8.87. The van der Waals surface area contributed by atoms with E-state index >= 15 is 0 Å². The highest BCUT2D eigenvalue weighted by Gasteiger charge is 2.25. The molecular weight excluding hydrogens is 268 g/mol. The van der Waals surface area contributed by atoms with Gasteiger partial charge in [-0.05, 0) is 38.1 Å². The van der Waals surface area contributed by atoms with Crippen molar-refractivity contribution in [2.45, 2.75) is 52.5 Å². The Kier molecular flexibility index (Phi) is 7.15. The Morgan fingerprint density at radius 2 is 1.90 bits per heavy atom. The number of carbonyl (C=O) groups is 2. The minimum atomic E-state index is -0.791. The molecule has 0 aromatic heterocycles. The fraction of sp³-hybridized carbons (Fsp3) is 0.875. The second-order valence-electron chi connectivity index (χ2n) is 6.70. The fourth-order valence-electron chi connectivity index (χ4n) is 2.75. The van der Waals surface area contributed by atoms with Gasteiger partial charge in [0.05, 0.1) is 6.54 Å². The van der Waals surface area contributed by atoms with Gasteiger partial charge in [-0.2, -0.15) is 0 Å². The van der Waals surface area contributed by atoms with Crippen molar-refractivity contribution < 1.29 is 14.7 Å². The molecule has 122 valence electrons. The first-order valence-corrected chi connectivity index (χ1v) is 8.01. The Morgan fingerprint density at radius 1 is 1.24 bits per heavy atom. The quantitative estimate of drug-likeness (QED) is 0.815. The molecule has 1 aliphatic heterocycles. The van der Waals surface area contributed by atoms with Crippen molar-refractivity contribution in [1.82, 2.24) is 9.80 Å². The van der Waals surface area contributed by atoms with E-state index in [0.717, 1.165) is 32.4 Å². The van der Waals surface area contributed by atoms with Crippen molar-refractivity contribution >= 4 is 11.9 Å². The van der Waals surface area contributed by atoms with E-state index in [1.54, 1.807) is 0 Å². The van der Waals surface area contributed by atoms with Gasteiger partial charge < -0.3 is 10.0 Å². The van der Waals surface area contributed by atoms with Crippen LogP contribution in [0.3, 0.4) is 0 Å². The van der Waals surface area contributed by atoms with Crippen LogP contribution in [-0.2, 0) is 9.59 Å². The predicted molar refractivity (Wildman–Crippen MR) is 83.1 cm³/mol. The number of carboxylic acid groups (broad SMARTS) is 1. The third-order valence-electron chi connectivity index (χ3n) is 4.69. The van der Waals surface area contributed by atoms with Gasteiger partial charge in [-0.15, -0.1) is 0 Å². The van der Waals surface area contributed by atoms with Gasteiger partial charge in [-0.3, -0.25) is 14.5 Å². The first-order chi connectivity index (χ1) is 9.81. The van der Waals surface area contributed by atoms with E-state index in [1.807, 2.05) is 16.8 Å². The van der Waals surface area contributed by atoms with E-state index < -0.39 is 5.97 Å². The minimum absolute atomic E-state index is 0.0724. The zero-order valence-electron chi connectivity index (χ0n) is 13.8. The van der Waals surface area contributed by atoms with Crippen molar-refractivity contribution in [1.29, 1.82) is 0 Å². The van der Waals surface area contributed by atoms with Gasteiger partial charge in [-0.25, -0.2) is 0 Å². The lowest BCUT2D eigenvalue weighted by Gasteiger charge is -2.26. The number of rotatable bonds is 6. The second kappa shape index (κ2) is 8.37. The summed E-state index contributed by atoms with van der Waals surface area (Å²) >= 11 is 0. The Hall–Kier alpha value is -1.10. The lowest BCUT2D eigenvalue weighted by Crippen LogP contribution is -2.37. The van der Waals surface area contributed by atoms with Gasteiger partial charge in [-0.1, -0.05) is 20.8 Å². The van der Waals surface area contributed by atoms with Gasteiger partial charge >= 0.3 is 5.97 Å². The van der Waals surface area contributed by atoms with Gasteiger partial charge in [0.25, 0.3) is 0 Å². The van der Waals surface area contributed by atoms with Gasteiger partial charge in [0.1, 0.15) is 0 Å². The predicted octanol–water partition coefficient (Wildman–Crippen LogP) is 2.07. The summed E-state index contributed by atoms with van der Waals surface area (Å²) in [6.45, 7) is 8.06. The van der Waals surface area contributed by atoms with Crippen molar-refractivity contribution in [3.8, 4) is 0 Å². The number of likely N-dealkylation sites (N-methyl/N-ethyl adjacent to an activating group) is 1. The molecule has 5 nitrogen and oxygen atoms in total. The van der Waals surface area contributed by atoms with Crippen LogP contribution in [0.1, 0.15) is 46.5 Å². The molecular formula is C16H30N2O3. The SMILES string of the molecule is CC(C)C(C)CC(=O)N1CCCC(N(C)CC(=O)O)CC1. The van der Waals surface area contributed by atoms with Crippen LogP contribution >= 0.6 is 0 Å². The normalized spacial score (nSPS) is 21.4. The van der Waals surface area contributed by atoms with Crippen LogP contribution in [-0.4, -0.2) is 59.5 Å². The summed E-state index contributed by atoms with van der Waals surface area (Å²) in [4.78, 5) is 27.0. The molecule has 0 spiro atoms. The van der Waals surface area contributed by atoms with E-state index in [0.29, 0.717) is 18.3 Å². The first kappa shape index (κ1) is 18.0. The van der Waals surface area contributed by atoms with Crippen molar-refractivity contribution in [3.05, 3.63) is 0 Å². The maximum atomic E-state index is 12.3. The number of nitrogens with zero attached hydrogens (tertiary/aromatic N) is 2. The summed E-state index contributed by atoms with van der Waals surface area (Å²) < 4.78 is 0. The highest BCUT2D eigenvalue weighted by molar-refractivity contribution is 5.76. The summed E-state index contributed by atoms with van der Waals surface area (Å²) in [6.07, 6.45) is 3.41. The minimum Gasteiger partial charge on any atom is -0.480 e. The van der Waals surface area contributed by atoms with E-state index in [2.05, 4.69) is 20.8 Å². The molecule has 0 saturated carbocycles. The average Bonchev–Trinajstić information content (AvgIpc) is 2.63. The summed E-state index contributed by atoms with van der Waals surface area (Å²) in [5.41, 5.74) is 0. The van der Waals surface area contributed by atoms with E-state index in [-0.39, 0.29) is 18.5 Å². The summed E-state index contributed by atoms with van der Waals surface area (Å²) in [6, 6.07) is 0.265. The number of aliphatic carboxylic acids is 1. The molecule has 1 fully saturated rings. The van der Waals surface area contributed by atoms with E-state index in [1.165, 1.54) is 0 Å². The molecule has 1 N–H and O–H groups in total. The van der Waals surface area contributed by atoms with Crippen LogP contribution in [0.2, 0.25) is 0 Å². The lowest BCUT2D eigenvalue weighted by atomic mass is 9.94. The van der Waals surface area contributed by atoms with Gasteiger partial charge in [0.2, 0.25) is 5.91 Å². The molecule has 0 aromatic rings. The summed E-state index contributed by atoms with van der Waals surface area (Å²) in [5.74, 6) is 0.389. The second-order valence-corrected chi connectivity index (χ2v) is 6.70. The topological polar surface area (TPSA) is 60.9 Å². The molecule has 0 aliphatic carbocycles. The Balaban J connectivity index is 2.48. The standard InChI is InChI=1S/C16H30N2O3/c1-12(2)13(3)10-15(19)18-8-5-6-14(7-9-18)17(4)11-16(20)21/h12-14H,5-11H2,1-4H3,(H,20,21). The lowest BCUT2D eigenvalue weighted by molar-refractivity contribution is -0.138. The van der Waals surface area contributed by atoms with Crippen LogP contribution in [0, 0.1) is 11.8 Å². The number of likely N-dealkylation sites (tertiary alicyclic amines) is 1. The van der Waals surface area contributed by atoms with Gasteiger partial charge in [0, 0.05) is 25.6 Å². The van der Waals surface area contributed by atoms with Crippen LogP contribution in [0.5, 0.6) is 0 Å². The molecule has 5 heteroatoms. The highest BCUT2D eigenvalue weighted by Crippen LogP contribution is 2.19. The van der Waals surface area contributed by atoms with Crippen LogP contribution < -0.4 is 0 Å². The largest absolute Gasteiger partial charge is 0.480 e. The van der Waals surface area contributed by atoms with Crippen LogP contribution in [0.25, 0.3) is 0 Å². The number of carbonyl (C=O) groups excluding carboxylic acids is 1. The van der Waals surface area contributed by atoms with Gasteiger partial charge in [0.15, 0.2) is 0 Å². The van der Waals surface area contributed by atoms with Crippen molar-refractivity contribution in [3.63, 3.8) is 0 Å². The van der Waals surface area contributed by atoms with Crippen LogP contribution in [0.15, 0.2) is 0 Å². The molecule has 1 saturated heterocycles. The summed E-state index contributed by atoms with van der Waals surface area (Å²) in [7, 11) is 1.86. The number of hydrogen-bond acceptors (Lipinski definition) is 3. The van der Waals surface area contributed by atoms with E-state index in [9.17, 15) is 9.59 Å². The molecule has 1 rings (SSSR count). The molecule has 0 aromatic carbocycles. The molecule has 1 amide bonds. The molecule has 2 unspecified atom stereocenters. The Bertz CT molecular complexity index is 357. The Labute approximate surface area is 128 Å².